The van der Waals surface area contributed by atoms with E-state index in [1.165, 1.54) is 96.3 Å². The van der Waals surface area contributed by atoms with Gasteiger partial charge in [-0.3, -0.25) is 0 Å². The number of hydrogen-bond acceptors (Lipinski definition) is 3. The fourth-order valence-corrected chi connectivity index (χ4v) is 4.89. The van der Waals surface area contributed by atoms with Crippen LogP contribution in [0.2, 0.25) is 0 Å². The summed E-state index contributed by atoms with van der Waals surface area (Å²) in [7, 11) is -4.13. The van der Waals surface area contributed by atoms with Crippen LogP contribution in [0.25, 0.3) is 0 Å². The van der Waals surface area contributed by atoms with Crippen LogP contribution in [-0.2, 0) is 10.1 Å². The Labute approximate surface area is 205 Å². The van der Waals surface area contributed by atoms with Crippen molar-refractivity contribution in [2.75, 3.05) is 0 Å². The topological polar surface area (TPSA) is 57.2 Å². The molecular weight excluding hydrogens is 391 g/mol. The summed E-state index contributed by atoms with van der Waals surface area (Å²) in [5.74, 6) is 0. The third-order valence-electron chi connectivity index (χ3n) is 5.92. The van der Waals surface area contributed by atoms with Gasteiger partial charge in [-0.25, -0.2) is 8.42 Å². The van der Waals surface area contributed by atoms with Crippen LogP contribution in [0.4, 0.5) is 0 Å². The van der Waals surface area contributed by atoms with Crippen LogP contribution in [0.3, 0.4) is 0 Å². The number of hydrogen-bond donors (Lipinski definition) is 0. The summed E-state index contributed by atoms with van der Waals surface area (Å²) >= 11 is 0. The Kier molecular flexibility index (Phi) is 26.1. The maximum atomic E-state index is 11.5. The molecule has 0 spiro atoms. The molecule has 0 aromatic rings. The molecule has 5 heteroatoms. The summed E-state index contributed by atoms with van der Waals surface area (Å²) in [6.45, 7) is 4.47. The Balaban J connectivity index is 0. The van der Waals surface area contributed by atoms with Crippen LogP contribution in [0.5, 0.6) is 0 Å². The molecule has 0 saturated carbocycles. The SMILES string of the molecule is CCCCCCCCCCCCC(CCCCCCCCCCC)S(=O)(=O)[O-].[Na+]. The molecule has 0 amide bonds. The number of rotatable bonds is 22. The van der Waals surface area contributed by atoms with Gasteiger partial charge in [0.15, 0.2) is 0 Å². The van der Waals surface area contributed by atoms with Gasteiger partial charge in [0.1, 0.15) is 0 Å². The zero-order chi connectivity index (χ0) is 20.9. The van der Waals surface area contributed by atoms with E-state index < -0.39 is 15.4 Å². The maximum absolute atomic E-state index is 11.5. The Morgan fingerprint density at radius 2 is 0.759 bits per heavy atom. The Morgan fingerprint density at radius 3 is 1.00 bits per heavy atom. The average Bonchev–Trinajstić information content (AvgIpc) is 2.65. The molecule has 0 aromatic heterocycles. The summed E-state index contributed by atoms with van der Waals surface area (Å²) in [5.41, 5.74) is 0. The Hall–Kier alpha value is 0.910. The van der Waals surface area contributed by atoms with Crippen molar-refractivity contribution in [1.29, 1.82) is 0 Å². The molecule has 170 valence electrons. The minimum absolute atomic E-state index is 0. The summed E-state index contributed by atoms with van der Waals surface area (Å²) in [6, 6.07) is 0. The molecule has 0 fully saturated rings. The molecular formula is C24H49NaO3S. The molecule has 0 aliphatic rings. The van der Waals surface area contributed by atoms with Gasteiger partial charge in [0.2, 0.25) is 0 Å². The van der Waals surface area contributed by atoms with Crippen molar-refractivity contribution >= 4 is 10.1 Å². The minimum atomic E-state index is -4.13. The molecule has 0 radical (unpaired) electrons. The van der Waals surface area contributed by atoms with Gasteiger partial charge in [-0.15, -0.1) is 0 Å². The van der Waals surface area contributed by atoms with E-state index in [1.807, 2.05) is 0 Å². The Morgan fingerprint density at radius 1 is 0.517 bits per heavy atom. The molecule has 0 aromatic carbocycles. The van der Waals surface area contributed by atoms with Crippen LogP contribution in [0.15, 0.2) is 0 Å². The first-order valence-electron chi connectivity index (χ1n) is 12.5. The first kappa shape index (κ1) is 32.1. The minimum Gasteiger partial charge on any atom is -0.748 e. The largest absolute Gasteiger partial charge is 1.00 e. The van der Waals surface area contributed by atoms with Crippen LogP contribution >= 0.6 is 0 Å². The van der Waals surface area contributed by atoms with Crippen molar-refractivity contribution in [3.63, 3.8) is 0 Å². The van der Waals surface area contributed by atoms with Crippen molar-refractivity contribution in [2.24, 2.45) is 0 Å². The van der Waals surface area contributed by atoms with Gasteiger partial charge in [0.05, 0.1) is 10.1 Å². The molecule has 29 heavy (non-hydrogen) atoms. The van der Waals surface area contributed by atoms with Crippen LogP contribution < -0.4 is 29.6 Å². The molecule has 1 unspecified atom stereocenters. The molecule has 0 aliphatic carbocycles. The van der Waals surface area contributed by atoms with Crippen LogP contribution in [0, 0.1) is 0 Å². The van der Waals surface area contributed by atoms with Gasteiger partial charge in [0.25, 0.3) is 0 Å². The zero-order valence-electron chi connectivity index (χ0n) is 20.1. The molecule has 1 atom stereocenters. The quantitative estimate of drug-likeness (QED) is 0.133. The van der Waals surface area contributed by atoms with E-state index in [4.69, 9.17) is 0 Å². The fraction of sp³-hybridized carbons (Fsp3) is 1.00. The van der Waals surface area contributed by atoms with E-state index in [9.17, 15) is 13.0 Å². The summed E-state index contributed by atoms with van der Waals surface area (Å²) in [6.07, 6.45) is 24.5. The molecule has 0 rings (SSSR count). The molecule has 0 N–H and O–H groups in total. The van der Waals surface area contributed by atoms with Crippen LogP contribution in [-0.4, -0.2) is 18.2 Å². The normalized spacial score (nSPS) is 12.7. The van der Waals surface area contributed by atoms with E-state index in [-0.39, 0.29) is 29.6 Å². The summed E-state index contributed by atoms with van der Waals surface area (Å²) < 4.78 is 34.6. The molecule has 0 heterocycles. The van der Waals surface area contributed by atoms with Gasteiger partial charge in [-0.05, 0) is 12.8 Å². The molecule has 3 nitrogen and oxygen atoms in total. The van der Waals surface area contributed by atoms with E-state index in [0.717, 1.165) is 25.7 Å². The van der Waals surface area contributed by atoms with E-state index in [0.29, 0.717) is 12.8 Å². The van der Waals surface area contributed by atoms with Crippen molar-refractivity contribution < 1.29 is 42.5 Å². The van der Waals surface area contributed by atoms with Crippen LogP contribution in [0.1, 0.15) is 149 Å². The second kappa shape index (κ2) is 23.6. The van der Waals surface area contributed by atoms with Gasteiger partial charge in [-0.2, -0.15) is 0 Å². The monoisotopic (exact) mass is 440 g/mol. The fourth-order valence-electron chi connectivity index (χ4n) is 3.98. The summed E-state index contributed by atoms with van der Waals surface area (Å²) in [5, 5.41) is -0.647. The third-order valence-corrected chi connectivity index (χ3v) is 7.21. The predicted molar refractivity (Wildman–Crippen MR) is 122 cm³/mol. The third kappa shape index (κ3) is 23.4. The standard InChI is InChI=1S/C24H50O3S.Na/c1-3-5-7-9-11-13-15-17-19-21-23-24(28(25,26)27)22-20-18-16-14-12-10-8-6-4-2;/h24H,3-23H2,1-2H3,(H,25,26,27);/q;+1/p-1. The zero-order valence-corrected chi connectivity index (χ0v) is 22.9. The van der Waals surface area contributed by atoms with Gasteiger partial charge < -0.3 is 4.55 Å². The van der Waals surface area contributed by atoms with Gasteiger partial charge in [0, 0.05) is 5.25 Å². The second-order valence-corrected chi connectivity index (χ2v) is 10.4. The van der Waals surface area contributed by atoms with E-state index >= 15 is 0 Å². The van der Waals surface area contributed by atoms with Crippen molar-refractivity contribution in [3.05, 3.63) is 0 Å². The summed E-state index contributed by atoms with van der Waals surface area (Å²) in [4.78, 5) is 0. The first-order chi connectivity index (χ1) is 13.5. The first-order valence-corrected chi connectivity index (χ1v) is 13.9. The van der Waals surface area contributed by atoms with Gasteiger partial charge in [-0.1, -0.05) is 136 Å². The van der Waals surface area contributed by atoms with Crippen molar-refractivity contribution in [1.82, 2.24) is 0 Å². The molecule has 0 saturated heterocycles. The van der Waals surface area contributed by atoms with Crippen molar-refractivity contribution in [3.8, 4) is 0 Å². The maximum Gasteiger partial charge on any atom is 1.00 e. The molecule has 0 bridgehead atoms. The molecule has 0 aliphatic heterocycles. The van der Waals surface area contributed by atoms with Gasteiger partial charge >= 0.3 is 29.6 Å². The second-order valence-electron chi connectivity index (χ2n) is 8.70. The Bertz CT molecular complexity index is 412. The predicted octanol–water partition coefficient (Wildman–Crippen LogP) is 5.14. The van der Waals surface area contributed by atoms with Crippen molar-refractivity contribution in [2.45, 2.75) is 154 Å². The smallest absolute Gasteiger partial charge is 0.748 e. The van der Waals surface area contributed by atoms with E-state index in [1.54, 1.807) is 0 Å². The average molecular weight is 441 g/mol. The number of unbranched alkanes of at least 4 members (excludes halogenated alkanes) is 17. The van der Waals surface area contributed by atoms with E-state index in [2.05, 4.69) is 13.8 Å².